The molecule has 2 aromatic heterocycles. The lowest BCUT2D eigenvalue weighted by Crippen LogP contribution is -2.51. The first-order chi connectivity index (χ1) is 15.8. The van der Waals surface area contributed by atoms with Crippen LogP contribution in [0.25, 0.3) is 11.0 Å². The molecule has 0 saturated carbocycles. The van der Waals surface area contributed by atoms with Crippen LogP contribution in [0.5, 0.6) is 0 Å². The number of benzene rings is 1. The summed E-state index contributed by atoms with van der Waals surface area (Å²) in [6.07, 6.45) is 0. The topological polar surface area (TPSA) is 111 Å². The number of amides is 1. The Labute approximate surface area is 196 Å². The highest BCUT2D eigenvalue weighted by atomic mass is 32.2. The summed E-state index contributed by atoms with van der Waals surface area (Å²) in [7, 11) is -2.05. The molecule has 1 aliphatic rings. The van der Waals surface area contributed by atoms with Gasteiger partial charge in [-0.25, -0.2) is 13.4 Å². The lowest BCUT2D eigenvalue weighted by atomic mass is 10.3. The van der Waals surface area contributed by atoms with Crippen LogP contribution in [0.2, 0.25) is 0 Å². The number of aromatic nitrogens is 3. The van der Waals surface area contributed by atoms with Crippen molar-refractivity contribution in [2.75, 3.05) is 45.6 Å². The van der Waals surface area contributed by atoms with E-state index in [-0.39, 0.29) is 35.4 Å². The van der Waals surface area contributed by atoms with E-state index in [0.717, 1.165) is 16.2 Å². The van der Waals surface area contributed by atoms with Crippen molar-refractivity contribution in [2.45, 2.75) is 30.4 Å². The van der Waals surface area contributed by atoms with Gasteiger partial charge in [0.05, 0.1) is 23.4 Å². The van der Waals surface area contributed by atoms with E-state index < -0.39 is 10.0 Å². The number of hydrogen-bond donors (Lipinski definition) is 0. The van der Waals surface area contributed by atoms with Crippen molar-refractivity contribution < 1.29 is 22.5 Å². The van der Waals surface area contributed by atoms with Crippen LogP contribution in [-0.4, -0.2) is 83.9 Å². The molecule has 0 spiro atoms. The fourth-order valence-corrected chi connectivity index (χ4v) is 6.59. The molecule has 1 aliphatic heterocycles. The Bertz CT molecular complexity index is 1230. The van der Waals surface area contributed by atoms with Crippen LogP contribution in [0.4, 0.5) is 0 Å². The van der Waals surface area contributed by atoms with Crippen molar-refractivity contribution in [3.05, 3.63) is 35.7 Å². The summed E-state index contributed by atoms with van der Waals surface area (Å²) in [6, 6.07) is 7.85. The Morgan fingerprint density at radius 3 is 2.58 bits per heavy atom. The van der Waals surface area contributed by atoms with Gasteiger partial charge >= 0.3 is 0 Å². The number of carbonyl (C=O) groups excluding carboxylic acids is 1. The standard InChI is InChI=1S/C21H27N5O5S2/c1-15-20(16(2)31-23-15)33(28,29)25-10-8-24(9-11-25)19(27)14-32-21-22-17-6-4-5-7-18(17)26(21)12-13-30-3/h4-7H,8-14H2,1-3H3. The minimum Gasteiger partial charge on any atom is -0.383 e. The van der Waals surface area contributed by atoms with Gasteiger partial charge in [0.1, 0.15) is 10.6 Å². The van der Waals surface area contributed by atoms with Crippen LogP contribution in [0, 0.1) is 13.8 Å². The second-order valence-electron chi connectivity index (χ2n) is 7.75. The molecule has 10 nitrogen and oxygen atoms in total. The zero-order valence-corrected chi connectivity index (χ0v) is 20.5. The molecule has 1 fully saturated rings. The number of sulfonamides is 1. The van der Waals surface area contributed by atoms with E-state index in [1.807, 2.05) is 24.3 Å². The van der Waals surface area contributed by atoms with Gasteiger partial charge in [0.15, 0.2) is 10.9 Å². The van der Waals surface area contributed by atoms with E-state index in [9.17, 15) is 13.2 Å². The molecular formula is C21H27N5O5S2. The van der Waals surface area contributed by atoms with Crippen LogP contribution in [0.3, 0.4) is 0 Å². The van der Waals surface area contributed by atoms with Crippen LogP contribution < -0.4 is 0 Å². The number of aryl methyl sites for hydroxylation is 2. The maximum Gasteiger partial charge on any atom is 0.248 e. The monoisotopic (exact) mass is 493 g/mol. The Morgan fingerprint density at radius 2 is 1.91 bits per heavy atom. The van der Waals surface area contributed by atoms with Gasteiger partial charge in [0.2, 0.25) is 15.9 Å². The summed E-state index contributed by atoms with van der Waals surface area (Å²) < 4.78 is 39.7. The smallest absolute Gasteiger partial charge is 0.248 e. The molecule has 178 valence electrons. The SMILES string of the molecule is COCCn1c(SCC(=O)N2CCN(S(=O)(=O)c3c(C)noc3C)CC2)nc2ccccc21. The molecule has 33 heavy (non-hydrogen) atoms. The van der Waals surface area contributed by atoms with Gasteiger partial charge in [0, 0.05) is 39.8 Å². The third kappa shape index (κ3) is 4.79. The van der Waals surface area contributed by atoms with Crippen molar-refractivity contribution in [2.24, 2.45) is 0 Å². The summed E-state index contributed by atoms with van der Waals surface area (Å²) in [5, 5.41) is 4.52. The van der Waals surface area contributed by atoms with Crippen molar-refractivity contribution in [3.8, 4) is 0 Å². The van der Waals surface area contributed by atoms with Crippen molar-refractivity contribution >= 4 is 38.7 Å². The molecule has 0 radical (unpaired) electrons. The average molecular weight is 494 g/mol. The molecule has 0 aliphatic carbocycles. The predicted molar refractivity (Wildman–Crippen MR) is 124 cm³/mol. The van der Waals surface area contributed by atoms with Gasteiger partial charge in [-0.2, -0.15) is 4.31 Å². The number of hydrogen-bond acceptors (Lipinski definition) is 8. The van der Waals surface area contributed by atoms with Gasteiger partial charge < -0.3 is 18.7 Å². The third-order valence-corrected chi connectivity index (χ3v) is 8.73. The lowest BCUT2D eigenvalue weighted by molar-refractivity contribution is -0.129. The molecule has 4 rings (SSSR count). The molecule has 1 saturated heterocycles. The third-order valence-electron chi connectivity index (χ3n) is 5.62. The maximum atomic E-state index is 13.0. The minimum atomic E-state index is -3.71. The molecular weight excluding hydrogens is 466 g/mol. The second-order valence-corrected chi connectivity index (χ2v) is 10.6. The number of nitrogens with zero attached hydrogens (tertiary/aromatic N) is 5. The van der Waals surface area contributed by atoms with Gasteiger partial charge in [-0.3, -0.25) is 4.79 Å². The summed E-state index contributed by atoms with van der Waals surface area (Å²) in [5.41, 5.74) is 2.23. The number of thioether (sulfide) groups is 1. The first-order valence-electron chi connectivity index (χ1n) is 10.6. The number of fused-ring (bicyclic) bond motifs is 1. The molecule has 3 aromatic rings. The van der Waals surface area contributed by atoms with Crippen LogP contribution in [-0.2, 0) is 26.1 Å². The Balaban J connectivity index is 1.38. The normalized spacial score (nSPS) is 15.4. The Kier molecular flexibility index (Phi) is 7.07. The summed E-state index contributed by atoms with van der Waals surface area (Å²) in [6.45, 7) is 5.52. The predicted octanol–water partition coefficient (Wildman–Crippen LogP) is 1.91. The number of methoxy groups -OCH3 is 1. The summed E-state index contributed by atoms with van der Waals surface area (Å²) in [4.78, 5) is 19.3. The summed E-state index contributed by atoms with van der Waals surface area (Å²) in [5.74, 6) is 0.464. The number of rotatable bonds is 8. The number of para-hydroxylation sites is 2. The fourth-order valence-electron chi connectivity index (χ4n) is 3.93. The highest BCUT2D eigenvalue weighted by Crippen LogP contribution is 2.26. The van der Waals surface area contributed by atoms with Crippen molar-refractivity contribution in [1.29, 1.82) is 0 Å². The molecule has 0 bridgehead atoms. The van der Waals surface area contributed by atoms with Crippen molar-refractivity contribution in [1.82, 2.24) is 23.9 Å². The fraction of sp³-hybridized carbons (Fsp3) is 0.476. The highest BCUT2D eigenvalue weighted by Gasteiger charge is 2.34. The van der Waals surface area contributed by atoms with Crippen LogP contribution in [0.1, 0.15) is 11.5 Å². The number of ether oxygens (including phenoxy) is 1. The Hall–Kier alpha value is -2.41. The van der Waals surface area contributed by atoms with E-state index in [1.165, 1.54) is 16.1 Å². The van der Waals surface area contributed by atoms with Gasteiger partial charge in [-0.05, 0) is 26.0 Å². The van der Waals surface area contributed by atoms with E-state index in [4.69, 9.17) is 9.26 Å². The lowest BCUT2D eigenvalue weighted by Gasteiger charge is -2.33. The number of carbonyl (C=O) groups is 1. The molecule has 0 N–H and O–H groups in total. The first-order valence-corrected chi connectivity index (χ1v) is 13.0. The number of piperazine rings is 1. The number of imidazole rings is 1. The van der Waals surface area contributed by atoms with Crippen molar-refractivity contribution in [3.63, 3.8) is 0 Å². The second kappa shape index (κ2) is 9.84. The summed E-state index contributed by atoms with van der Waals surface area (Å²) >= 11 is 1.39. The molecule has 1 aromatic carbocycles. The van der Waals surface area contributed by atoms with E-state index in [1.54, 1.807) is 25.9 Å². The Morgan fingerprint density at radius 1 is 1.18 bits per heavy atom. The largest absolute Gasteiger partial charge is 0.383 e. The van der Waals surface area contributed by atoms with Gasteiger partial charge in [-0.15, -0.1) is 0 Å². The quantitative estimate of drug-likeness (QED) is 0.438. The highest BCUT2D eigenvalue weighted by molar-refractivity contribution is 7.99. The van der Waals surface area contributed by atoms with Gasteiger partial charge in [-0.1, -0.05) is 29.1 Å². The molecule has 3 heterocycles. The van der Waals surface area contributed by atoms with E-state index in [2.05, 4.69) is 14.7 Å². The average Bonchev–Trinajstić information content (AvgIpc) is 3.35. The van der Waals surface area contributed by atoms with E-state index in [0.29, 0.717) is 31.9 Å². The maximum absolute atomic E-state index is 13.0. The molecule has 12 heteroatoms. The molecule has 1 amide bonds. The zero-order chi connectivity index (χ0) is 23.6. The first kappa shape index (κ1) is 23.7. The molecule has 0 atom stereocenters. The molecule has 0 unspecified atom stereocenters. The van der Waals surface area contributed by atoms with E-state index >= 15 is 0 Å². The van der Waals surface area contributed by atoms with Crippen LogP contribution >= 0.6 is 11.8 Å². The zero-order valence-electron chi connectivity index (χ0n) is 18.9. The van der Waals surface area contributed by atoms with Crippen LogP contribution in [0.15, 0.2) is 38.8 Å². The minimum absolute atomic E-state index is 0.0419. The van der Waals surface area contributed by atoms with Gasteiger partial charge in [0.25, 0.3) is 0 Å².